The Morgan fingerprint density at radius 2 is 0.935 bits per heavy atom. The van der Waals surface area contributed by atoms with Gasteiger partial charge in [-0.2, -0.15) is 0 Å². The number of anilines is 3. The van der Waals surface area contributed by atoms with E-state index in [9.17, 15) is 0 Å². The lowest BCUT2D eigenvalue weighted by atomic mass is 9.96. The van der Waals surface area contributed by atoms with Crippen LogP contribution in [0.3, 0.4) is 0 Å². The zero-order valence-corrected chi connectivity index (χ0v) is 25.1. The summed E-state index contributed by atoms with van der Waals surface area (Å²) in [5.74, 6) is 0. The number of hydrogen-bond acceptors (Lipinski definition) is 2. The summed E-state index contributed by atoms with van der Waals surface area (Å²) in [5, 5.41) is 7.10. The predicted octanol–water partition coefficient (Wildman–Crippen LogP) is 12.7. The number of para-hydroxylation sites is 1. The summed E-state index contributed by atoms with van der Waals surface area (Å²) >= 11 is 0. The molecule has 0 spiro atoms. The van der Waals surface area contributed by atoms with Crippen molar-refractivity contribution in [2.45, 2.75) is 0 Å². The van der Waals surface area contributed by atoms with Gasteiger partial charge in [0.2, 0.25) is 0 Å². The van der Waals surface area contributed by atoms with Crippen LogP contribution in [0, 0.1) is 0 Å². The van der Waals surface area contributed by atoms with Crippen molar-refractivity contribution in [1.82, 2.24) is 0 Å². The lowest BCUT2D eigenvalue weighted by Crippen LogP contribution is -2.10. The molecule has 0 radical (unpaired) electrons. The number of fused-ring (bicyclic) bond motifs is 5. The van der Waals surface area contributed by atoms with Crippen LogP contribution >= 0.6 is 0 Å². The first-order valence-corrected chi connectivity index (χ1v) is 15.7. The Bertz CT molecular complexity index is 2530. The standard InChI is InChI=1S/C44H29NO/c1-2-10-30(11-3-1)32-20-22-37(23-21-32)45(38-24-25-41-40-16-8-9-17-43(40)46-44(41)29-38)42-28-36(27-35-14-6-7-15-39(35)42)34-19-18-31-12-4-5-13-33(31)26-34/h1-29H. The van der Waals surface area contributed by atoms with Crippen LogP contribution in [0.25, 0.3) is 65.7 Å². The maximum absolute atomic E-state index is 6.39. The van der Waals surface area contributed by atoms with Crippen LogP contribution in [0.5, 0.6) is 0 Å². The van der Waals surface area contributed by atoms with Gasteiger partial charge in [-0.05, 0) is 86.9 Å². The Hall–Kier alpha value is -6.12. The van der Waals surface area contributed by atoms with Crippen molar-refractivity contribution < 1.29 is 4.42 Å². The molecule has 46 heavy (non-hydrogen) atoms. The van der Waals surface area contributed by atoms with Crippen molar-refractivity contribution in [3.8, 4) is 22.3 Å². The molecule has 0 saturated heterocycles. The van der Waals surface area contributed by atoms with Crippen molar-refractivity contribution in [2.75, 3.05) is 4.90 Å². The van der Waals surface area contributed by atoms with E-state index in [2.05, 4.69) is 169 Å². The second-order valence-corrected chi connectivity index (χ2v) is 11.8. The molecule has 0 aliphatic rings. The van der Waals surface area contributed by atoms with Crippen LogP contribution < -0.4 is 4.90 Å². The summed E-state index contributed by atoms with van der Waals surface area (Å²) in [6.07, 6.45) is 0. The van der Waals surface area contributed by atoms with E-state index in [1.807, 2.05) is 12.1 Å². The van der Waals surface area contributed by atoms with E-state index >= 15 is 0 Å². The molecule has 8 aromatic carbocycles. The summed E-state index contributed by atoms with van der Waals surface area (Å²) in [7, 11) is 0. The van der Waals surface area contributed by atoms with Gasteiger partial charge in [0.15, 0.2) is 0 Å². The van der Waals surface area contributed by atoms with Crippen LogP contribution in [0.4, 0.5) is 17.1 Å². The molecule has 0 saturated carbocycles. The first-order valence-electron chi connectivity index (χ1n) is 15.7. The molecular weight excluding hydrogens is 558 g/mol. The quantitative estimate of drug-likeness (QED) is 0.199. The van der Waals surface area contributed by atoms with E-state index in [1.165, 1.54) is 43.8 Å². The van der Waals surface area contributed by atoms with Crippen LogP contribution in [0.2, 0.25) is 0 Å². The number of benzene rings is 8. The fourth-order valence-electron chi connectivity index (χ4n) is 6.73. The molecule has 9 aromatic rings. The van der Waals surface area contributed by atoms with Gasteiger partial charge >= 0.3 is 0 Å². The van der Waals surface area contributed by atoms with Crippen molar-refractivity contribution in [3.63, 3.8) is 0 Å². The molecule has 1 heterocycles. The highest BCUT2D eigenvalue weighted by atomic mass is 16.3. The third-order valence-corrected chi connectivity index (χ3v) is 9.02. The van der Waals surface area contributed by atoms with Gasteiger partial charge in [-0.1, -0.05) is 121 Å². The molecule has 2 heteroatoms. The molecule has 9 rings (SSSR count). The van der Waals surface area contributed by atoms with Gasteiger partial charge in [-0.15, -0.1) is 0 Å². The van der Waals surface area contributed by atoms with Crippen LogP contribution in [-0.4, -0.2) is 0 Å². The largest absolute Gasteiger partial charge is 0.456 e. The molecule has 0 N–H and O–H groups in total. The Morgan fingerprint density at radius 1 is 0.326 bits per heavy atom. The van der Waals surface area contributed by atoms with Crippen molar-refractivity contribution in [3.05, 3.63) is 176 Å². The zero-order chi connectivity index (χ0) is 30.5. The van der Waals surface area contributed by atoms with Gasteiger partial charge in [-0.3, -0.25) is 0 Å². The van der Waals surface area contributed by atoms with Crippen molar-refractivity contribution in [2.24, 2.45) is 0 Å². The second-order valence-electron chi connectivity index (χ2n) is 11.8. The first-order chi connectivity index (χ1) is 22.8. The van der Waals surface area contributed by atoms with Crippen LogP contribution in [-0.2, 0) is 0 Å². The molecule has 0 aliphatic carbocycles. The molecular formula is C44H29NO. The summed E-state index contributed by atoms with van der Waals surface area (Å²) in [5.41, 5.74) is 9.77. The Balaban J connectivity index is 1.27. The molecule has 1 aromatic heterocycles. The summed E-state index contributed by atoms with van der Waals surface area (Å²) in [6, 6.07) is 62.9. The fraction of sp³-hybridized carbons (Fsp3) is 0. The third-order valence-electron chi connectivity index (χ3n) is 9.02. The number of rotatable bonds is 5. The molecule has 0 fully saturated rings. The van der Waals surface area contributed by atoms with Gasteiger partial charge < -0.3 is 9.32 Å². The lowest BCUT2D eigenvalue weighted by molar-refractivity contribution is 0.669. The van der Waals surface area contributed by atoms with Crippen LogP contribution in [0.15, 0.2) is 180 Å². The smallest absolute Gasteiger partial charge is 0.137 e. The average molecular weight is 588 g/mol. The molecule has 0 unspecified atom stereocenters. The number of hydrogen-bond donors (Lipinski definition) is 0. The maximum atomic E-state index is 6.39. The summed E-state index contributed by atoms with van der Waals surface area (Å²) in [6.45, 7) is 0. The van der Waals surface area contributed by atoms with E-state index in [1.54, 1.807) is 0 Å². The third kappa shape index (κ3) is 4.51. The molecule has 216 valence electrons. The zero-order valence-electron chi connectivity index (χ0n) is 25.1. The molecule has 0 bridgehead atoms. The summed E-state index contributed by atoms with van der Waals surface area (Å²) < 4.78 is 6.39. The SMILES string of the molecule is c1ccc(-c2ccc(N(c3ccc4c(c3)oc3ccccc34)c3cc(-c4ccc5ccccc5c4)cc4ccccc34)cc2)cc1. The minimum Gasteiger partial charge on any atom is -0.456 e. The molecule has 0 atom stereocenters. The normalized spacial score (nSPS) is 11.5. The minimum atomic E-state index is 0.875. The van der Waals surface area contributed by atoms with E-state index < -0.39 is 0 Å². The van der Waals surface area contributed by atoms with Gasteiger partial charge in [0.05, 0.1) is 5.69 Å². The summed E-state index contributed by atoms with van der Waals surface area (Å²) in [4.78, 5) is 2.37. The predicted molar refractivity (Wildman–Crippen MR) is 194 cm³/mol. The Labute approximate surface area is 267 Å². The lowest BCUT2D eigenvalue weighted by Gasteiger charge is -2.28. The number of furan rings is 1. The van der Waals surface area contributed by atoms with Crippen molar-refractivity contribution >= 4 is 60.5 Å². The van der Waals surface area contributed by atoms with E-state index in [-0.39, 0.29) is 0 Å². The topological polar surface area (TPSA) is 16.4 Å². The Kier molecular flexibility index (Phi) is 6.17. The highest BCUT2D eigenvalue weighted by Crippen LogP contribution is 2.43. The first kappa shape index (κ1) is 26.3. The number of nitrogens with zero attached hydrogens (tertiary/aromatic N) is 1. The fourth-order valence-corrected chi connectivity index (χ4v) is 6.73. The van der Waals surface area contributed by atoms with Gasteiger partial charge in [-0.25, -0.2) is 0 Å². The molecule has 2 nitrogen and oxygen atoms in total. The van der Waals surface area contributed by atoms with Crippen LogP contribution in [0.1, 0.15) is 0 Å². The minimum absolute atomic E-state index is 0.875. The van der Waals surface area contributed by atoms with E-state index in [0.29, 0.717) is 0 Å². The van der Waals surface area contributed by atoms with Gasteiger partial charge in [0.1, 0.15) is 11.2 Å². The van der Waals surface area contributed by atoms with Crippen molar-refractivity contribution in [1.29, 1.82) is 0 Å². The highest BCUT2D eigenvalue weighted by Gasteiger charge is 2.19. The average Bonchev–Trinajstić information content (AvgIpc) is 3.50. The molecule has 0 amide bonds. The van der Waals surface area contributed by atoms with E-state index in [0.717, 1.165) is 39.0 Å². The second kappa shape index (κ2) is 10.8. The van der Waals surface area contributed by atoms with E-state index in [4.69, 9.17) is 4.42 Å². The monoisotopic (exact) mass is 587 g/mol. The Morgan fingerprint density at radius 3 is 1.78 bits per heavy atom. The van der Waals surface area contributed by atoms with Gasteiger partial charge in [0, 0.05) is 33.6 Å². The highest BCUT2D eigenvalue weighted by molar-refractivity contribution is 6.07. The van der Waals surface area contributed by atoms with Gasteiger partial charge in [0.25, 0.3) is 0 Å². The molecule has 0 aliphatic heterocycles. The maximum Gasteiger partial charge on any atom is 0.137 e.